The third-order valence-corrected chi connectivity index (χ3v) is 3.54. The summed E-state index contributed by atoms with van der Waals surface area (Å²) in [5, 5.41) is 7.54. The molecule has 86 valence electrons. The van der Waals surface area contributed by atoms with E-state index in [4.69, 9.17) is 16.0 Å². The molecule has 0 fully saturated rings. The molecule has 0 amide bonds. The molecular weight excluding hydrogens is 256 g/mol. The van der Waals surface area contributed by atoms with E-state index in [9.17, 15) is 0 Å². The topological polar surface area (TPSA) is 38.1 Å². The molecule has 2 aromatic heterocycles. The normalized spacial score (nSPS) is 10.9. The average molecular weight is 265 g/mol. The smallest absolute Gasteiger partial charge is 0.183 e. The maximum atomic E-state index is 5.94. The van der Waals surface area contributed by atoms with Gasteiger partial charge in [0.15, 0.2) is 10.9 Å². The Morgan fingerprint density at radius 2 is 2.24 bits per heavy atom. The van der Waals surface area contributed by atoms with Crippen LogP contribution in [0, 0.1) is 0 Å². The number of thiazole rings is 1. The van der Waals surface area contributed by atoms with Crippen molar-refractivity contribution >= 4 is 39.0 Å². The van der Waals surface area contributed by atoms with E-state index in [0.29, 0.717) is 5.02 Å². The van der Waals surface area contributed by atoms with Crippen molar-refractivity contribution in [1.82, 2.24) is 4.98 Å². The number of hydrogen-bond donors (Lipinski definition) is 1. The lowest BCUT2D eigenvalue weighted by Gasteiger charge is -1.89. The van der Waals surface area contributed by atoms with Crippen LogP contribution >= 0.6 is 22.9 Å². The number of nitrogens with zero attached hydrogens (tertiary/aromatic N) is 1. The van der Waals surface area contributed by atoms with Crippen LogP contribution in [-0.4, -0.2) is 12.0 Å². The second kappa shape index (κ2) is 4.05. The fourth-order valence-corrected chi connectivity index (χ4v) is 2.48. The van der Waals surface area contributed by atoms with Gasteiger partial charge in [-0.2, -0.15) is 0 Å². The second-order valence-electron chi connectivity index (χ2n) is 3.58. The standard InChI is InChI=1S/C12H9ClN2OS/c1-14-12-15-9(6-17-12)11-5-7-4-8(13)2-3-10(7)16-11/h2-6H,1H3,(H,14,15). The number of furan rings is 1. The Morgan fingerprint density at radius 3 is 3.00 bits per heavy atom. The first-order valence-electron chi connectivity index (χ1n) is 5.09. The number of anilines is 1. The third kappa shape index (κ3) is 1.90. The summed E-state index contributed by atoms with van der Waals surface area (Å²) in [6.07, 6.45) is 0. The highest BCUT2D eigenvalue weighted by Gasteiger charge is 2.09. The molecule has 1 aromatic carbocycles. The Morgan fingerprint density at radius 1 is 1.35 bits per heavy atom. The highest BCUT2D eigenvalue weighted by molar-refractivity contribution is 7.14. The van der Waals surface area contributed by atoms with Crippen LogP contribution in [0.5, 0.6) is 0 Å². The van der Waals surface area contributed by atoms with Gasteiger partial charge >= 0.3 is 0 Å². The van der Waals surface area contributed by atoms with Crippen LogP contribution in [0.2, 0.25) is 5.02 Å². The van der Waals surface area contributed by atoms with Crippen molar-refractivity contribution < 1.29 is 4.42 Å². The van der Waals surface area contributed by atoms with Gasteiger partial charge in [0.1, 0.15) is 11.3 Å². The zero-order valence-electron chi connectivity index (χ0n) is 9.03. The van der Waals surface area contributed by atoms with E-state index in [1.165, 1.54) is 0 Å². The zero-order chi connectivity index (χ0) is 11.8. The van der Waals surface area contributed by atoms with Crippen molar-refractivity contribution in [2.45, 2.75) is 0 Å². The summed E-state index contributed by atoms with van der Waals surface area (Å²) in [4.78, 5) is 4.40. The van der Waals surface area contributed by atoms with E-state index >= 15 is 0 Å². The van der Waals surface area contributed by atoms with Crippen LogP contribution in [0.25, 0.3) is 22.4 Å². The van der Waals surface area contributed by atoms with Crippen molar-refractivity contribution in [2.75, 3.05) is 12.4 Å². The summed E-state index contributed by atoms with van der Waals surface area (Å²) >= 11 is 7.48. The molecule has 1 N–H and O–H groups in total. The second-order valence-corrected chi connectivity index (χ2v) is 4.88. The molecule has 17 heavy (non-hydrogen) atoms. The predicted molar refractivity (Wildman–Crippen MR) is 71.9 cm³/mol. The van der Waals surface area contributed by atoms with Gasteiger partial charge in [0.25, 0.3) is 0 Å². The molecule has 0 saturated carbocycles. The van der Waals surface area contributed by atoms with E-state index in [2.05, 4.69) is 10.3 Å². The van der Waals surface area contributed by atoms with E-state index < -0.39 is 0 Å². The molecule has 0 unspecified atom stereocenters. The van der Waals surface area contributed by atoms with Crippen LogP contribution in [0.4, 0.5) is 5.13 Å². The number of hydrogen-bond acceptors (Lipinski definition) is 4. The van der Waals surface area contributed by atoms with Gasteiger partial charge in [-0.25, -0.2) is 4.98 Å². The fourth-order valence-electron chi connectivity index (χ4n) is 1.64. The minimum atomic E-state index is 0.707. The molecule has 0 bridgehead atoms. The van der Waals surface area contributed by atoms with Gasteiger partial charge in [0, 0.05) is 22.8 Å². The number of benzene rings is 1. The van der Waals surface area contributed by atoms with Gasteiger partial charge in [-0.1, -0.05) is 11.6 Å². The van der Waals surface area contributed by atoms with Gasteiger partial charge < -0.3 is 9.73 Å². The summed E-state index contributed by atoms with van der Waals surface area (Å²) in [7, 11) is 1.85. The highest BCUT2D eigenvalue weighted by atomic mass is 35.5. The van der Waals surface area contributed by atoms with Crippen LogP contribution in [-0.2, 0) is 0 Å². The molecule has 0 spiro atoms. The van der Waals surface area contributed by atoms with Crippen molar-refractivity contribution in [3.8, 4) is 11.5 Å². The number of fused-ring (bicyclic) bond motifs is 1. The Hall–Kier alpha value is -1.52. The van der Waals surface area contributed by atoms with Crippen molar-refractivity contribution in [2.24, 2.45) is 0 Å². The lowest BCUT2D eigenvalue weighted by Crippen LogP contribution is -1.85. The van der Waals surface area contributed by atoms with Crippen molar-refractivity contribution in [3.05, 3.63) is 34.7 Å². The summed E-state index contributed by atoms with van der Waals surface area (Å²) < 4.78 is 5.72. The summed E-state index contributed by atoms with van der Waals surface area (Å²) in [5.74, 6) is 0.764. The molecule has 0 aliphatic rings. The number of halogens is 1. The van der Waals surface area contributed by atoms with Gasteiger partial charge in [0.05, 0.1) is 0 Å². The summed E-state index contributed by atoms with van der Waals surface area (Å²) in [6, 6.07) is 7.52. The highest BCUT2D eigenvalue weighted by Crippen LogP contribution is 2.31. The predicted octanol–water partition coefficient (Wildman–Crippen LogP) is 4.25. The first kappa shape index (κ1) is 10.6. The number of nitrogens with one attached hydrogen (secondary N) is 1. The molecule has 0 aliphatic heterocycles. The Labute approximate surface area is 107 Å². The van der Waals surface area contributed by atoms with E-state index in [-0.39, 0.29) is 0 Å². The largest absolute Gasteiger partial charge is 0.454 e. The van der Waals surface area contributed by atoms with Gasteiger partial charge in [0.2, 0.25) is 0 Å². The molecule has 0 aliphatic carbocycles. The van der Waals surface area contributed by atoms with Crippen molar-refractivity contribution in [3.63, 3.8) is 0 Å². The number of aromatic nitrogens is 1. The average Bonchev–Trinajstić information content (AvgIpc) is 2.93. The lowest BCUT2D eigenvalue weighted by molar-refractivity contribution is 0.629. The zero-order valence-corrected chi connectivity index (χ0v) is 10.6. The van der Waals surface area contributed by atoms with E-state index in [1.54, 1.807) is 11.3 Å². The number of rotatable bonds is 2. The molecule has 3 aromatic rings. The maximum absolute atomic E-state index is 5.94. The fraction of sp³-hybridized carbons (Fsp3) is 0.0833. The van der Waals surface area contributed by atoms with Crippen molar-refractivity contribution in [1.29, 1.82) is 0 Å². The third-order valence-electron chi connectivity index (χ3n) is 2.45. The quantitative estimate of drug-likeness (QED) is 0.752. The summed E-state index contributed by atoms with van der Waals surface area (Å²) in [5.41, 5.74) is 1.66. The molecule has 3 rings (SSSR count). The van der Waals surface area contributed by atoms with Crippen LogP contribution in [0.1, 0.15) is 0 Å². The van der Waals surface area contributed by atoms with Crippen LogP contribution < -0.4 is 5.32 Å². The van der Waals surface area contributed by atoms with Gasteiger partial charge in [-0.3, -0.25) is 0 Å². The lowest BCUT2D eigenvalue weighted by atomic mass is 10.2. The Kier molecular flexibility index (Phi) is 2.53. The minimum Gasteiger partial charge on any atom is -0.454 e. The first-order valence-corrected chi connectivity index (χ1v) is 6.35. The molecule has 2 heterocycles. The van der Waals surface area contributed by atoms with E-state index in [1.807, 2.05) is 36.7 Å². The minimum absolute atomic E-state index is 0.707. The van der Waals surface area contributed by atoms with Gasteiger partial charge in [-0.15, -0.1) is 11.3 Å². The molecule has 0 atom stereocenters. The summed E-state index contributed by atoms with van der Waals surface area (Å²) in [6.45, 7) is 0. The maximum Gasteiger partial charge on any atom is 0.183 e. The Balaban J connectivity index is 2.11. The van der Waals surface area contributed by atoms with Gasteiger partial charge in [-0.05, 0) is 24.3 Å². The molecule has 5 heteroatoms. The van der Waals surface area contributed by atoms with Crippen LogP contribution in [0.3, 0.4) is 0 Å². The Bertz CT molecular complexity index is 674. The molecule has 3 nitrogen and oxygen atoms in total. The van der Waals surface area contributed by atoms with E-state index in [0.717, 1.165) is 27.6 Å². The first-order chi connectivity index (χ1) is 8.26. The van der Waals surface area contributed by atoms with Crippen LogP contribution in [0.15, 0.2) is 34.1 Å². The molecular formula is C12H9ClN2OS. The SMILES string of the molecule is CNc1nc(-c2cc3cc(Cl)ccc3o2)cs1. The molecule has 0 radical (unpaired) electrons. The monoisotopic (exact) mass is 264 g/mol. The molecule has 0 saturated heterocycles.